The van der Waals surface area contributed by atoms with Gasteiger partial charge in [-0.25, -0.2) is 22.7 Å². The van der Waals surface area contributed by atoms with Crippen LogP contribution < -0.4 is 4.72 Å². The van der Waals surface area contributed by atoms with Crippen molar-refractivity contribution >= 4 is 22.0 Å². The Kier molecular flexibility index (Phi) is 11.5. The maximum Gasteiger partial charge on any atom is 0.490 e. The van der Waals surface area contributed by atoms with Crippen molar-refractivity contribution < 1.29 is 54.6 Å². The molecule has 0 aliphatic carbocycles. The predicted molar refractivity (Wildman–Crippen MR) is 114 cm³/mol. The van der Waals surface area contributed by atoms with Gasteiger partial charge in [-0.1, -0.05) is 0 Å². The molecule has 2 aromatic heterocycles. The molecule has 1 atom stereocenters. The molecule has 18 heteroatoms. The van der Waals surface area contributed by atoms with E-state index < -0.39 is 34.3 Å². The van der Waals surface area contributed by atoms with E-state index in [9.17, 15) is 34.8 Å². The van der Waals surface area contributed by atoms with Crippen LogP contribution in [0.2, 0.25) is 0 Å². The topological polar surface area (TPSA) is 155 Å². The van der Waals surface area contributed by atoms with Crippen molar-refractivity contribution in [3.05, 3.63) is 48.0 Å². The van der Waals surface area contributed by atoms with Gasteiger partial charge < -0.3 is 10.2 Å². The van der Waals surface area contributed by atoms with Gasteiger partial charge in [0, 0.05) is 44.8 Å². The van der Waals surface area contributed by atoms with E-state index in [-0.39, 0.29) is 6.04 Å². The summed E-state index contributed by atoms with van der Waals surface area (Å²) in [5, 5.41) is 18.6. The van der Waals surface area contributed by atoms with Gasteiger partial charge in [-0.05, 0) is 30.2 Å². The van der Waals surface area contributed by atoms with Crippen LogP contribution in [0, 0.1) is 0 Å². The molecule has 11 nitrogen and oxygen atoms in total. The number of fused-ring (bicyclic) bond motifs is 1. The number of nitrogens with one attached hydrogen (secondary N) is 1. The molecule has 0 amide bonds. The zero-order chi connectivity index (χ0) is 28.4. The zero-order valence-electron chi connectivity index (χ0n) is 19.1. The quantitative estimate of drug-likeness (QED) is 0.448. The lowest BCUT2D eigenvalue weighted by Gasteiger charge is -2.34. The molecule has 208 valence electrons. The lowest BCUT2D eigenvalue weighted by molar-refractivity contribution is -0.193. The van der Waals surface area contributed by atoms with E-state index in [1.165, 1.54) is 11.8 Å². The average Bonchev–Trinajstić information content (AvgIpc) is 3.22. The molecule has 0 fully saturated rings. The molecule has 3 rings (SSSR count). The largest absolute Gasteiger partial charge is 0.490 e. The van der Waals surface area contributed by atoms with Crippen LogP contribution in [0.1, 0.15) is 23.7 Å². The minimum Gasteiger partial charge on any atom is -0.475 e. The number of rotatable bonds is 6. The molecule has 37 heavy (non-hydrogen) atoms. The minimum atomic E-state index is -5.08. The number of carboxylic acids is 2. The van der Waals surface area contributed by atoms with Crippen LogP contribution >= 0.6 is 0 Å². The molecule has 0 saturated carbocycles. The minimum absolute atomic E-state index is 0.171. The molecule has 1 aliphatic heterocycles. The number of nitrogens with zero attached hydrogens (tertiary/aromatic N) is 4. The predicted octanol–water partition coefficient (Wildman–Crippen LogP) is 2.04. The Morgan fingerprint density at radius 2 is 1.54 bits per heavy atom. The van der Waals surface area contributed by atoms with Gasteiger partial charge >= 0.3 is 24.3 Å². The van der Waals surface area contributed by atoms with Gasteiger partial charge in [0.25, 0.3) is 0 Å². The number of pyridine rings is 1. The smallest absolute Gasteiger partial charge is 0.475 e. The van der Waals surface area contributed by atoms with Gasteiger partial charge in [0.1, 0.15) is 0 Å². The fraction of sp³-hybridized carbons (Fsp3) is 0.474. The molecule has 1 unspecified atom stereocenters. The maximum atomic E-state index is 11.2. The molecule has 1 aliphatic rings. The summed E-state index contributed by atoms with van der Waals surface area (Å²) in [6.45, 7) is 2.97. The Morgan fingerprint density at radius 3 is 2.00 bits per heavy atom. The van der Waals surface area contributed by atoms with Crippen molar-refractivity contribution in [1.82, 2.24) is 24.4 Å². The highest BCUT2D eigenvalue weighted by atomic mass is 32.2. The number of carbonyl (C=O) groups is 2. The van der Waals surface area contributed by atoms with Gasteiger partial charge in [0.05, 0.1) is 18.0 Å². The van der Waals surface area contributed by atoms with E-state index >= 15 is 0 Å². The number of aromatic nitrogens is 3. The molecule has 0 spiro atoms. The maximum absolute atomic E-state index is 11.2. The summed E-state index contributed by atoms with van der Waals surface area (Å²) >= 11 is 0. The molecule has 0 saturated heterocycles. The zero-order valence-corrected chi connectivity index (χ0v) is 19.9. The standard InChI is InChI=1S/C15H21N5O2S.2C2HF3O2/c1-23(21,22)18-9-5-15-12-19(10-13-2-6-16-7-3-13)11-14-4-8-17-20(14)15;2*3-2(4,5)1(6)7/h2-4,6-8,15,18H,5,9-12H2,1H3;2*(H,6,7). The summed E-state index contributed by atoms with van der Waals surface area (Å²) < 4.78 is 90.5. The monoisotopic (exact) mass is 563 g/mol. The highest BCUT2D eigenvalue weighted by Gasteiger charge is 2.38. The second-order valence-electron chi connectivity index (χ2n) is 7.51. The van der Waals surface area contributed by atoms with Gasteiger partial charge in [-0.3, -0.25) is 14.6 Å². The SMILES string of the molecule is CS(=O)(=O)NCCC1CN(Cc2ccncc2)Cc2ccnn21.O=C(O)C(F)(F)F.O=C(O)C(F)(F)F. The van der Waals surface area contributed by atoms with Gasteiger partial charge in [-0.15, -0.1) is 0 Å². The number of aliphatic carboxylic acids is 2. The van der Waals surface area contributed by atoms with E-state index in [0.717, 1.165) is 25.3 Å². The highest BCUT2D eigenvalue weighted by Crippen LogP contribution is 2.24. The molecule has 0 bridgehead atoms. The van der Waals surface area contributed by atoms with E-state index in [1.54, 1.807) is 12.4 Å². The first-order valence-electron chi connectivity index (χ1n) is 10.1. The number of alkyl halides is 6. The van der Waals surface area contributed by atoms with Gasteiger partial charge in [0.2, 0.25) is 10.0 Å². The number of carboxylic acid groups (broad SMARTS) is 2. The Bertz CT molecular complexity index is 1100. The van der Waals surface area contributed by atoms with Crippen molar-refractivity contribution in [3.63, 3.8) is 0 Å². The van der Waals surface area contributed by atoms with E-state index in [1.807, 2.05) is 29.1 Å². The molecular weight excluding hydrogens is 540 g/mol. The number of hydrogen-bond acceptors (Lipinski definition) is 7. The Balaban J connectivity index is 0.000000404. The highest BCUT2D eigenvalue weighted by molar-refractivity contribution is 7.88. The summed E-state index contributed by atoms with van der Waals surface area (Å²) in [5.74, 6) is -5.51. The summed E-state index contributed by atoms with van der Waals surface area (Å²) in [4.78, 5) is 24.2. The number of hydrogen-bond donors (Lipinski definition) is 3. The van der Waals surface area contributed by atoms with Crippen molar-refractivity contribution in [2.24, 2.45) is 0 Å². The summed E-state index contributed by atoms with van der Waals surface area (Å²) in [7, 11) is -3.15. The fourth-order valence-electron chi connectivity index (χ4n) is 2.96. The second kappa shape index (κ2) is 13.3. The summed E-state index contributed by atoms with van der Waals surface area (Å²) in [5.41, 5.74) is 2.38. The molecular formula is C19H23F6N5O6S. The normalized spacial score (nSPS) is 15.9. The van der Waals surface area contributed by atoms with Crippen LogP contribution in [-0.2, 0) is 32.7 Å². The van der Waals surface area contributed by atoms with Gasteiger partial charge in [0.15, 0.2) is 0 Å². The van der Waals surface area contributed by atoms with E-state index in [0.29, 0.717) is 13.0 Å². The second-order valence-corrected chi connectivity index (χ2v) is 9.34. The first kappa shape index (κ1) is 31.8. The average molecular weight is 563 g/mol. The Labute approximate surface area is 206 Å². The first-order valence-corrected chi connectivity index (χ1v) is 12.0. The number of sulfonamides is 1. The van der Waals surface area contributed by atoms with Crippen LogP contribution in [0.4, 0.5) is 26.3 Å². The third kappa shape index (κ3) is 12.5. The van der Waals surface area contributed by atoms with Gasteiger partial charge in [-0.2, -0.15) is 31.4 Å². The van der Waals surface area contributed by atoms with Crippen LogP contribution in [0.3, 0.4) is 0 Å². The van der Waals surface area contributed by atoms with Crippen molar-refractivity contribution in [3.8, 4) is 0 Å². The Morgan fingerprint density at radius 1 is 1.03 bits per heavy atom. The van der Waals surface area contributed by atoms with Crippen molar-refractivity contribution in [2.45, 2.75) is 37.9 Å². The molecule has 0 aromatic carbocycles. The Hall–Kier alpha value is -3.25. The molecule has 3 N–H and O–H groups in total. The third-order valence-electron chi connectivity index (χ3n) is 4.44. The van der Waals surface area contributed by atoms with E-state index in [4.69, 9.17) is 19.8 Å². The summed E-state index contributed by atoms with van der Waals surface area (Å²) in [6, 6.07) is 6.23. The molecule has 0 radical (unpaired) electrons. The van der Waals surface area contributed by atoms with Crippen LogP contribution in [-0.4, -0.2) is 81.9 Å². The van der Waals surface area contributed by atoms with Crippen LogP contribution in [0.25, 0.3) is 0 Å². The lowest BCUT2D eigenvalue weighted by Crippen LogP contribution is -2.38. The van der Waals surface area contributed by atoms with E-state index in [2.05, 4.69) is 19.7 Å². The number of halogens is 6. The van der Waals surface area contributed by atoms with Crippen LogP contribution in [0.15, 0.2) is 36.8 Å². The molecule has 2 aromatic rings. The van der Waals surface area contributed by atoms with Crippen LogP contribution in [0.5, 0.6) is 0 Å². The lowest BCUT2D eigenvalue weighted by atomic mass is 10.1. The van der Waals surface area contributed by atoms with Crippen molar-refractivity contribution in [1.29, 1.82) is 0 Å². The fourth-order valence-corrected chi connectivity index (χ4v) is 3.44. The molecule has 3 heterocycles. The third-order valence-corrected chi connectivity index (χ3v) is 5.16. The summed E-state index contributed by atoms with van der Waals surface area (Å²) in [6.07, 6.45) is -2.85. The van der Waals surface area contributed by atoms with Crippen molar-refractivity contribution in [2.75, 3.05) is 19.3 Å². The first-order chi connectivity index (χ1) is 16.9.